The van der Waals surface area contributed by atoms with Crippen LogP contribution in [0.1, 0.15) is 27.7 Å². The van der Waals surface area contributed by atoms with Crippen molar-refractivity contribution in [3.05, 3.63) is 48.6 Å². The van der Waals surface area contributed by atoms with Gasteiger partial charge < -0.3 is 53.6 Å². The Bertz CT molecular complexity index is 1130. The molecule has 0 aromatic heterocycles. The highest BCUT2D eigenvalue weighted by atomic mass is 16.8. The molecule has 15 heteroatoms. The predicted octanol–water partition coefficient (Wildman–Crippen LogP) is -0.889. The lowest BCUT2D eigenvalue weighted by molar-refractivity contribution is -0.356. The molecule has 0 aromatic rings. The van der Waals surface area contributed by atoms with Crippen LogP contribution in [0.4, 0.5) is 0 Å². The van der Waals surface area contributed by atoms with Crippen LogP contribution in [-0.4, -0.2) is 119 Å². The minimum absolute atomic E-state index is 0.0781. The largest absolute Gasteiger partial charge is 0.452 e. The zero-order valence-electron chi connectivity index (χ0n) is 24.3. The Morgan fingerprint density at radius 1 is 0.581 bits per heavy atom. The van der Waals surface area contributed by atoms with Crippen molar-refractivity contribution in [2.45, 2.75) is 89.1 Å². The Kier molecular flexibility index (Phi) is 12.8. The number of esters is 4. The lowest BCUT2D eigenvalue weighted by atomic mass is 9.96. The molecular weight excluding hydrogens is 576 g/mol. The second kappa shape index (κ2) is 15.3. The molecule has 0 aromatic carbocycles. The van der Waals surface area contributed by atoms with Crippen molar-refractivity contribution in [1.82, 2.24) is 0 Å². The van der Waals surface area contributed by atoms with Crippen molar-refractivity contribution in [3.63, 3.8) is 0 Å². The standard InChI is InChI=1S/C28H38O15/c1-11(2)23(32)39-19-17(31)15(9-29)38-28(22(19)42-26(35)14(7)8)43-18-16(10-30)37-27(36)21(41-25(34)13(5)6)20(18)40-24(33)12(3)4/h15-22,27-31,36H,1,3,5,7,9-10H2,2,4,6,8H3/t15-,16-,17-,18-,19+,20+,21-,22-,27-,28-/m1/s1. The number of ether oxygens (including phenoxy) is 7. The van der Waals surface area contributed by atoms with Crippen LogP contribution < -0.4 is 0 Å². The second-order valence-corrected chi connectivity index (χ2v) is 10.2. The summed E-state index contributed by atoms with van der Waals surface area (Å²) in [4.78, 5) is 50.0. The molecule has 0 radical (unpaired) electrons. The second-order valence-electron chi connectivity index (χ2n) is 10.2. The molecule has 2 aliphatic heterocycles. The lowest BCUT2D eigenvalue weighted by Gasteiger charge is -2.47. The number of carbonyl (C=O) groups excluding carboxylic acids is 4. The van der Waals surface area contributed by atoms with E-state index >= 15 is 0 Å². The van der Waals surface area contributed by atoms with Gasteiger partial charge in [0.2, 0.25) is 0 Å². The van der Waals surface area contributed by atoms with E-state index in [2.05, 4.69) is 26.3 Å². The monoisotopic (exact) mass is 614 g/mol. The number of aliphatic hydroxyl groups excluding tert-OH is 4. The normalized spacial score (nSPS) is 32.1. The van der Waals surface area contributed by atoms with Crippen LogP contribution in [0.25, 0.3) is 0 Å². The van der Waals surface area contributed by atoms with Gasteiger partial charge in [-0.1, -0.05) is 26.3 Å². The molecule has 0 amide bonds. The van der Waals surface area contributed by atoms with E-state index in [0.29, 0.717) is 0 Å². The molecule has 2 fully saturated rings. The van der Waals surface area contributed by atoms with Gasteiger partial charge in [-0.25, -0.2) is 19.2 Å². The number of hydrogen-bond acceptors (Lipinski definition) is 15. The van der Waals surface area contributed by atoms with E-state index in [4.69, 9.17) is 33.2 Å². The van der Waals surface area contributed by atoms with E-state index in [0.717, 1.165) is 0 Å². The van der Waals surface area contributed by atoms with Crippen LogP contribution >= 0.6 is 0 Å². The zero-order chi connectivity index (χ0) is 32.8. The SMILES string of the molecule is C=C(C)C(=O)O[C@@H]1[C@@H](OC(=O)C(=C)C)[C@H](O)O[C@H](CO)[C@H]1O[C@H]1O[C@H](CO)[C@@H](O)[C@H](OC(=O)C(=C)C)[C@H]1OC(=O)C(=C)C. The van der Waals surface area contributed by atoms with Crippen LogP contribution in [0.15, 0.2) is 48.6 Å². The maximum Gasteiger partial charge on any atom is 0.333 e. The van der Waals surface area contributed by atoms with Crippen LogP contribution in [-0.2, 0) is 52.3 Å². The van der Waals surface area contributed by atoms with Gasteiger partial charge in [-0.15, -0.1) is 0 Å². The van der Waals surface area contributed by atoms with Gasteiger partial charge in [-0.2, -0.15) is 0 Å². The number of hydrogen-bond donors (Lipinski definition) is 4. The van der Waals surface area contributed by atoms with Crippen molar-refractivity contribution in [3.8, 4) is 0 Å². The third kappa shape index (κ3) is 8.79. The highest BCUT2D eigenvalue weighted by molar-refractivity contribution is 5.89. The van der Waals surface area contributed by atoms with Gasteiger partial charge in [0, 0.05) is 22.3 Å². The van der Waals surface area contributed by atoms with Crippen LogP contribution in [0.5, 0.6) is 0 Å². The molecule has 0 saturated carbocycles. The highest BCUT2D eigenvalue weighted by Gasteiger charge is 2.56. The molecule has 10 atom stereocenters. The third-order valence-corrected chi connectivity index (χ3v) is 6.25. The van der Waals surface area contributed by atoms with Gasteiger partial charge >= 0.3 is 23.9 Å². The number of aliphatic hydroxyl groups is 4. The summed E-state index contributed by atoms with van der Waals surface area (Å²) >= 11 is 0. The fraction of sp³-hybridized carbons (Fsp3) is 0.571. The first-order chi connectivity index (χ1) is 20.0. The summed E-state index contributed by atoms with van der Waals surface area (Å²) in [5.41, 5.74) is -0.350. The minimum Gasteiger partial charge on any atom is -0.452 e. The van der Waals surface area contributed by atoms with E-state index in [9.17, 15) is 39.6 Å². The predicted molar refractivity (Wildman–Crippen MR) is 143 cm³/mol. The Balaban J connectivity index is 2.63. The smallest absolute Gasteiger partial charge is 0.333 e. The Labute approximate surface area is 247 Å². The van der Waals surface area contributed by atoms with Crippen molar-refractivity contribution < 1.29 is 72.8 Å². The summed E-state index contributed by atoms with van der Waals surface area (Å²) in [7, 11) is 0. The molecule has 15 nitrogen and oxygen atoms in total. The summed E-state index contributed by atoms with van der Waals surface area (Å²) in [5, 5.41) is 41.5. The summed E-state index contributed by atoms with van der Waals surface area (Å²) in [5.74, 6) is -4.01. The first-order valence-corrected chi connectivity index (χ1v) is 13.0. The van der Waals surface area contributed by atoms with E-state index in [1.165, 1.54) is 27.7 Å². The molecule has 0 bridgehead atoms. The molecule has 2 saturated heterocycles. The van der Waals surface area contributed by atoms with Crippen LogP contribution in [0, 0.1) is 0 Å². The van der Waals surface area contributed by atoms with Gasteiger partial charge in [-0.3, -0.25) is 0 Å². The van der Waals surface area contributed by atoms with Gasteiger partial charge in [-0.05, 0) is 27.7 Å². The molecule has 0 spiro atoms. The molecular formula is C28H38O15. The first kappa shape index (κ1) is 35.8. The fourth-order valence-electron chi connectivity index (χ4n) is 3.93. The van der Waals surface area contributed by atoms with Crippen LogP contribution in [0.3, 0.4) is 0 Å². The van der Waals surface area contributed by atoms with Gasteiger partial charge in [0.15, 0.2) is 37.0 Å². The number of carbonyl (C=O) groups is 4. The molecule has 240 valence electrons. The molecule has 2 rings (SSSR count). The van der Waals surface area contributed by atoms with Crippen molar-refractivity contribution >= 4 is 23.9 Å². The summed E-state index contributed by atoms with van der Waals surface area (Å²) < 4.78 is 38.6. The van der Waals surface area contributed by atoms with E-state index < -0.39 is 98.5 Å². The average molecular weight is 615 g/mol. The molecule has 2 heterocycles. The summed E-state index contributed by atoms with van der Waals surface area (Å²) in [6.45, 7) is 17.5. The van der Waals surface area contributed by atoms with Crippen molar-refractivity contribution in [1.29, 1.82) is 0 Å². The Hall–Kier alpha value is -3.44. The van der Waals surface area contributed by atoms with E-state index in [1.54, 1.807) is 0 Å². The van der Waals surface area contributed by atoms with E-state index in [1.807, 2.05) is 0 Å². The highest BCUT2D eigenvalue weighted by Crippen LogP contribution is 2.34. The molecule has 0 unspecified atom stereocenters. The van der Waals surface area contributed by atoms with Gasteiger partial charge in [0.25, 0.3) is 0 Å². The van der Waals surface area contributed by atoms with E-state index in [-0.39, 0.29) is 22.3 Å². The average Bonchev–Trinajstić information content (AvgIpc) is 2.93. The Morgan fingerprint density at radius 2 is 0.977 bits per heavy atom. The van der Waals surface area contributed by atoms with Crippen LogP contribution in [0.2, 0.25) is 0 Å². The van der Waals surface area contributed by atoms with Crippen molar-refractivity contribution in [2.24, 2.45) is 0 Å². The molecule has 4 N–H and O–H groups in total. The maximum absolute atomic E-state index is 12.6. The lowest BCUT2D eigenvalue weighted by Crippen LogP contribution is -2.66. The summed E-state index contributed by atoms with van der Waals surface area (Å²) in [6, 6.07) is 0. The molecule has 0 aliphatic carbocycles. The number of rotatable bonds is 12. The zero-order valence-corrected chi connectivity index (χ0v) is 24.3. The maximum atomic E-state index is 12.6. The topological polar surface area (TPSA) is 214 Å². The fourth-order valence-corrected chi connectivity index (χ4v) is 3.93. The molecule has 43 heavy (non-hydrogen) atoms. The van der Waals surface area contributed by atoms with Gasteiger partial charge in [0.05, 0.1) is 13.2 Å². The third-order valence-electron chi connectivity index (χ3n) is 6.25. The van der Waals surface area contributed by atoms with Crippen molar-refractivity contribution in [2.75, 3.05) is 13.2 Å². The molecule has 2 aliphatic rings. The quantitative estimate of drug-likeness (QED) is 0.119. The Morgan fingerprint density at radius 3 is 1.40 bits per heavy atom. The first-order valence-electron chi connectivity index (χ1n) is 13.0. The summed E-state index contributed by atoms with van der Waals surface area (Å²) in [6.07, 6.45) is -17.1. The van der Waals surface area contributed by atoms with Gasteiger partial charge in [0.1, 0.15) is 24.4 Å². The minimum atomic E-state index is -1.94.